The number of nitrogens with zero attached hydrogens (tertiary/aromatic N) is 3. The molecule has 11 aromatic carbocycles. The summed E-state index contributed by atoms with van der Waals surface area (Å²) in [6, 6.07) is 98.4. The Kier molecular flexibility index (Phi) is 10.1. The van der Waals surface area contributed by atoms with E-state index in [1.165, 1.54) is 55.6 Å². The summed E-state index contributed by atoms with van der Waals surface area (Å²) in [5.41, 5.74) is 23.6. The lowest BCUT2D eigenvalue weighted by atomic mass is 9.70. The van der Waals surface area contributed by atoms with Gasteiger partial charge in [-0.2, -0.15) is 0 Å². The number of hydrogen-bond donors (Lipinski definition) is 0. The van der Waals surface area contributed by atoms with Crippen LogP contribution in [0.2, 0.25) is 0 Å². The highest BCUT2D eigenvalue weighted by Gasteiger charge is 2.51. The maximum absolute atomic E-state index is 5.50. The fourth-order valence-electron chi connectivity index (χ4n) is 11.6. The van der Waals surface area contributed by atoms with Crippen LogP contribution in [0.15, 0.2) is 273 Å². The molecule has 0 unspecified atom stereocenters. The van der Waals surface area contributed by atoms with Gasteiger partial charge in [0.05, 0.1) is 5.41 Å². The highest BCUT2D eigenvalue weighted by Crippen LogP contribution is 2.63. The number of rotatable bonds is 8. The summed E-state index contributed by atoms with van der Waals surface area (Å²) in [5.74, 6) is 1.82. The molecule has 14 rings (SSSR count). The minimum absolute atomic E-state index is 0.510. The molecule has 3 heteroatoms. The molecule has 0 aliphatic heterocycles. The summed E-state index contributed by atoms with van der Waals surface area (Å²) < 4.78 is 0. The number of hydrogen-bond acceptors (Lipinski definition) is 3. The highest BCUT2D eigenvalue weighted by atomic mass is 15.0. The molecule has 1 spiro atoms. The first-order chi connectivity index (χ1) is 36.2. The van der Waals surface area contributed by atoms with Crippen LogP contribution in [-0.2, 0) is 5.41 Å². The standard InChI is InChI=1S/C70H45N3/c1-5-20-46(21-6-1)53-39-54(47-22-7-2-8-23-47)42-57(41-53)50-28-19-29-51(38-50)67-71-68(73-69(72-67)58-43-55(48-24-9-3-10-25-48)40-56(44-58)49-26-11-4-12-27-49)52-36-37-62-61-32-15-18-35-65(61)70(66(62)45-52)63-33-16-13-30-59(63)60-31-14-17-34-64(60)70/h1-45H. The lowest BCUT2D eigenvalue weighted by Crippen LogP contribution is -2.25. The van der Waals surface area contributed by atoms with Crippen LogP contribution in [0.1, 0.15) is 22.3 Å². The second-order valence-corrected chi connectivity index (χ2v) is 19.1. The molecule has 1 heterocycles. The topological polar surface area (TPSA) is 38.7 Å². The molecule has 2 aliphatic rings. The van der Waals surface area contributed by atoms with Crippen molar-refractivity contribution >= 4 is 0 Å². The smallest absolute Gasteiger partial charge is 0.164 e. The molecule has 0 fully saturated rings. The van der Waals surface area contributed by atoms with Crippen molar-refractivity contribution in [1.82, 2.24) is 15.0 Å². The molecule has 1 aromatic heterocycles. The lowest BCUT2D eigenvalue weighted by molar-refractivity contribution is 0.794. The zero-order chi connectivity index (χ0) is 48.3. The van der Waals surface area contributed by atoms with E-state index in [1.807, 2.05) is 0 Å². The molecule has 2 aliphatic carbocycles. The fraction of sp³-hybridized carbons (Fsp3) is 0.0143. The van der Waals surface area contributed by atoms with Gasteiger partial charge in [0.1, 0.15) is 0 Å². The largest absolute Gasteiger partial charge is 0.208 e. The second kappa shape index (κ2) is 17.4. The van der Waals surface area contributed by atoms with Crippen LogP contribution in [0.25, 0.3) is 112 Å². The third-order valence-electron chi connectivity index (χ3n) is 14.9. The van der Waals surface area contributed by atoms with E-state index in [-0.39, 0.29) is 0 Å². The Morgan fingerprint density at radius 3 is 0.890 bits per heavy atom. The van der Waals surface area contributed by atoms with Crippen LogP contribution in [0.4, 0.5) is 0 Å². The first-order valence-electron chi connectivity index (χ1n) is 25.0. The number of benzene rings is 11. The Morgan fingerprint density at radius 2 is 0.466 bits per heavy atom. The zero-order valence-electron chi connectivity index (χ0n) is 39.8. The van der Waals surface area contributed by atoms with E-state index in [2.05, 4.69) is 273 Å². The average molecular weight is 928 g/mol. The van der Waals surface area contributed by atoms with Gasteiger partial charge in [0.25, 0.3) is 0 Å². The number of fused-ring (bicyclic) bond motifs is 10. The van der Waals surface area contributed by atoms with Gasteiger partial charge in [-0.3, -0.25) is 0 Å². The van der Waals surface area contributed by atoms with Crippen molar-refractivity contribution in [2.24, 2.45) is 0 Å². The molecule has 0 radical (unpaired) electrons. The van der Waals surface area contributed by atoms with Crippen molar-refractivity contribution in [1.29, 1.82) is 0 Å². The van der Waals surface area contributed by atoms with E-state index < -0.39 is 5.41 Å². The van der Waals surface area contributed by atoms with Crippen LogP contribution in [0.5, 0.6) is 0 Å². The third kappa shape index (κ3) is 7.16. The lowest BCUT2D eigenvalue weighted by Gasteiger charge is -2.30. The van der Waals surface area contributed by atoms with E-state index >= 15 is 0 Å². The maximum atomic E-state index is 5.50. The van der Waals surface area contributed by atoms with Crippen LogP contribution in [0.3, 0.4) is 0 Å². The predicted molar refractivity (Wildman–Crippen MR) is 300 cm³/mol. The molecular weight excluding hydrogens is 883 g/mol. The second-order valence-electron chi connectivity index (χ2n) is 19.1. The SMILES string of the molecule is c1ccc(-c2cc(-c3ccccc3)cc(-c3cccc(-c4nc(-c5cc(-c6ccccc6)cc(-c6ccccc6)c5)nc(-c5ccc6c(c5)C5(c7ccccc7-c7ccccc75)c5ccccc5-6)n4)c3)c2)cc1. The summed E-state index contributed by atoms with van der Waals surface area (Å²) in [7, 11) is 0. The molecule has 0 atom stereocenters. The predicted octanol–water partition coefficient (Wildman–Crippen LogP) is 17.6. The first-order valence-corrected chi connectivity index (χ1v) is 25.0. The van der Waals surface area contributed by atoms with Gasteiger partial charge in [0.2, 0.25) is 0 Å². The Hall–Kier alpha value is -9.57. The van der Waals surface area contributed by atoms with Crippen molar-refractivity contribution in [2.75, 3.05) is 0 Å². The van der Waals surface area contributed by atoms with E-state index in [9.17, 15) is 0 Å². The summed E-state index contributed by atoms with van der Waals surface area (Å²) >= 11 is 0. The minimum Gasteiger partial charge on any atom is -0.208 e. The molecule has 340 valence electrons. The van der Waals surface area contributed by atoms with Crippen molar-refractivity contribution < 1.29 is 0 Å². The summed E-state index contributed by atoms with van der Waals surface area (Å²) in [4.78, 5) is 16.4. The van der Waals surface area contributed by atoms with Gasteiger partial charge < -0.3 is 0 Å². The fourth-order valence-corrected chi connectivity index (χ4v) is 11.6. The monoisotopic (exact) mass is 927 g/mol. The van der Waals surface area contributed by atoms with Crippen molar-refractivity contribution in [3.63, 3.8) is 0 Å². The Morgan fingerprint density at radius 1 is 0.178 bits per heavy atom. The Bertz CT molecular complexity index is 3890. The summed E-state index contributed by atoms with van der Waals surface area (Å²) in [6.07, 6.45) is 0. The zero-order valence-corrected chi connectivity index (χ0v) is 39.8. The molecule has 0 bridgehead atoms. The third-order valence-corrected chi connectivity index (χ3v) is 14.9. The van der Waals surface area contributed by atoms with Crippen LogP contribution in [0, 0.1) is 0 Å². The van der Waals surface area contributed by atoms with Gasteiger partial charge >= 0.3 is 0 Å². The van der Waals surface area contributed by atoms with E-state index in [1.54, 1.807) is 0 Å². The van der Waals surface area contributed by atoms with E-state index in [4.69, 9.17) is 15.0 Å². The van der Waals surface area contributed by atoms with Crippen molar-refractivity contribution in [3.05, 3.63) is 295 Å². The molecular formula is C70H45N3. The van der Waals surface area contributed by atoms with Gasteiger partial charge in [-0.25, -0.2) is 15.0 Å². The summed E-state index contributed by atoms with van der Waals surface area (Å²) in [6.45, 7) is 0. The normalized spacial score (nSPS) is 12.5. The van der Waals surface area contributed by atoms with Crippen molar-refractivity contribution in [3.8, 4) is 112 Å². The van der Waals surface area contributed by atoms with Crippen molar-refractivity contribution in [2.45, 2.75) is 5.41 Å². The van der Waals surface area contributed by atoms with Gasteiger partial charge in [0, 0.05) is 16.7 Å². The van der Waals surface area contributed by atoms with Gasteiger partial charge in [-0.15, -0.1) is 0 Å². The van der Waals surface area contributed by atoms with Crippen LogP contribution in [-0.4, -0.2) is 15.0 Å². The molecule has 12 aromatic rings. The number of aromatic nitrogens is 3. The van der Waals surface area contributed by atoms with Gasteiger partial charge in [0.15, 0.2) is 17.5 Å². The van der Waals surface area contributed by atoms with Crippen LogP contribution < -0.4 is 0 Å². The molecule has 0 saturated carbocycles. The van der Waals surface area contributed by atoms with Gasteiger partial charge in [-0.1, -0.05) is 224 Å². The Balaban J connectivity index is 0.986. The molecule has 0 amide bonds. The molecule has 0 saturated heterocycles. The van der Waals surface area contributed by atoms with Crippen LogP contribution >= 0.6 is 0 Å². The van der Waals surface area contributed by atoms with E-state index in [0.717, 1.165) is 61.2 Å². The Labute approximate surface area is 425 Å². The summed E-state index contributed by atoms with van der Waals surface area (Å²) in [5, 5.41) is 0. The highest BCUT2D eigenvalue weighted by molar-refractivity contribution is 5.96. The minimum atomic E-state index is -0.510. The average Bonchev–Trinajstić information content (AvgIpc) is 3.96. The first kappa shape index (κ1) is 42.3. The van der Waals surface area contributed by atoms with E-state index in [0.29, 0.717) is 17.5 Å². The van der Waals surface area contributed by atoms with Gasteiger partial charge in [-0.05, 0) is 149 Å². The maximum Gasteiger partial charge on any atom is 0.164 e. The molecule has 73 heavy (non-hydrogen) atoms. The molecule has 0 N–H and O–H groups in total. The quantitative estimate of drug-likeness (QED) is 0.152. The molecule has 3 nitrogen and oxygen atoms in total.